The third-order valence-corrected chi connectivity index (χ3v) is 3.26. The van der Waals surface area contributed by atoms with Gasteiger partial charge in [-0.3, -0.25) is 14.7 Å². The minimum absolute atomic E-state index is 0.0347. The number of aromatic nitrogens is 2. The smallest absolute Gasteiger partial charge is 0.276 e. The Hall–Kier alpha value is -2.63. The van der Waals surface area contributed by atoms with Gasteiger partial charge in [0.2, 0.25) is 5.91 Å². The van der Waals surface area contributed by atoms with Crippen LogP contribution in [0, 0.1) is 0 Å². The van der Waals surface area contributed by atoms with Crippen LogP contribution in [0.15, 0.2) is 30.3 Å². The number of carbonyl (C=O) groups excluding carboxylic acids is 2. The van der Waals surface area contributed by atoms with Gasteiger partial charge in [-0.1, -0.05) is 26.3 Å². The van der Waals surface area contributed by atoms with Gasteiger partial charge >= 0.3 is 0 Å². The van der Waals surface area contributed by atoms with Crippen molar-refractivity contribution in [2.75, 3.05) is 10.6 Å². The third kappa shape index (κ3) is 4.95. The van der Waals surface area contributed by atoms with Crippen molar-refractivity contribution in [2.45, 2.75) is 39.5 Å². The second-order valence-electron chi connectivity index (χ2n) is 5.36. The molecular formula is C17H22N4O2. The fourth-order valence-corrected chi connectivity index (χ4v) is 2.20. The Labute approximate surface area is 135 Å². The van der Waals surface area contributed by atoms with E-state index in [1.807, 2.05) is 6.92 Å². The fourth-order valence-electron chi connectivity index (χ4n) is 2.20. The lowest BCUT2D eigenvalue weighted by molar-refractivity contribution is -0.116. The first-order valence-electron chi connectivity index (χ1n) is 7.88. The maximum absolute atomic E-state index is 12.2. The Kier molecular flexibility index (Phi) is 5.91. The van der Waals surface area contributed by atoms with Gasteiger partial charge in [0.15, 0.2) is 5.69 Å². The molecule has 23 heavy (non-hydrogen) atoms. The molecule has 2 aromatic rings. The predicted octanol–water partition coefficient (Wildman–Crippen LogP) is 3.35. The topological polar surface area (TPSA) is 86.9 Å². The molecule has 0 bridgehead atoms. The van der Waals surface area contributed by atoms with E-state index in [0.717, 1.165) is 25.0 Å². The van der Waals surface area contributed by atoms with Gasteiger partial charge < -0.3 is 10.6 Å². The molecule has 0 aliphatic carbocycles. The molecule has 122 valence electrons. The molecule has 1 aromatic heterocycles. The molecule has 0 aliphatic heterocycles. The summed E-state index contributed by atoms with van der Waals surface area (Å²) in [7, 11) is 0. The maximum atomic E-state index is 12.2. The number of nitrogens with one attached hydrogen (secondary N) is 3. The lowest BCUT2D eigenvalue weighted by Gasteiger charge is -2.07. The van der Waals surface area contributed by atoms with Crippen LogP contribution in [-0.4, -0.2) is 22.0 Å². The molecule has 1 heterocycles. The Balaban J connectivity index is 2.01. The van der Waals surface area contributed by atoms with Crippen LogP contribution < -0.4 is 10.6 Å². The zero-order valence-corrected chi connectivity index (χ0v) is 13.5. The molecule has 0 saturated heterocycles. The highest BCUT2D eigenvalue weighted by atomic mass is 16.2. The summed E-state index contributed by atoms with van der Waals surface area (Å²) in [5, 5.41) is 12.5. The van der Waals surface area contributed by atoms with E-state index in [1.54, 1.807) is 30.3 Å². The zero-order chi connectivity index (χ0) is 16.7. The summed E-state index contributed by atoms with van der Waals surface area (Å²) in [6, 6.07) is 8.82. The maximum Gasteiger partial charge on any atom is 0.276 e. The Morgan fingerprint density at radius 3 is 2.52 bits per heavy atom. The largest absolute Gasteiger partial charge is 0.326 e. The van der Waals surface area contributed by atoms with Crippen LogP contribution in [0.4, 0.5) is 11.4 Å². The minimum Gasteiger partial charge on any atom is -0.326 e. The van der Waals surface area contributed by atoms with Crippen molar-refractivity contribution in [3.63, 3.8) is 0 Å². The number of rotatable bonds is 7. The van der Waals surface area contributed by atoms with Gasteiger partial charge in [-0.2, -0.15) is 5.10 Å². The van der Waals surface area contributed by atoms with Gasteiger partial charge in [-0.25, -0.2) is 0 Å². The summed E-state index contributed by atoms with van der Waals surface area (Å²) < 4.78 is 0. The van der Waals surface area contributed by atoms with Gasteiger partial charge in [0.1, 0.15) is 0 Å². The summed E-state index contributed by atoms with van der Waals surface area (Å²) in [6.45, 7) is 4.02. The number of hydrogen-bond acceptors (Lipinski definition) is 3. The van der Waals surface area contributed by atoms with E-state index in [0.29, 0.717) is 23.5 Å². The predicted molar refractivity (Wildman–Crippen MR) is 90.5 cm³/mol. The number of anilines is 2. The molecule has 0 unspecified atom stereocenters. The van der Waals surface area contributed by atoms with Crippen molar-refractivity contribution < 1.29 is 9.59 Å². The normalized spacial score (nSPS) is 10.3. The standard InChI is InChI=1S/C17H22N4O2/c1-3-6-14-11-15(21-20-14)17(23)19-13-9-5-8-12(10-13)18-16(22)7-4-2/h5,8-11H,3-4,6-7H2,1-2H3,(H,18,22)(H,19,23)(H,20,21). The van der Waals surface area contributed by atoms with Crippen molar-refractivity contribution in [2.24, 2.45) is 0 Å². The summed E-state index contributed by atoms with van der Waals surface area (Å²) in [6.07, 6.45) is 3.12. The average molecular weight is 314 g/mol. The van der Waals surface area contributed by atoms with Gasteiger partial charge in [0, 0.05) is 23.5 Å². The van der Waals surface area contributed by atoms with E-state index >= 15 is 0 Å². The molecular weight excluding hydrogens is 292 g/mol. The van der Waals surface area contributed by atoms with Gasteiger partial charge in [-0.15, -0.1) is 0 Å². The summed E-state index contributed by atoms with van der Waals surface area (Å²) in [5.74, 6) is -0.312. The van der Waals surface area contributed by atoms with Crippen LogP contribution in [0.3, 0.4) is 0 Å². The molecule has 3 N–H and O–H groups in total. The number of nitrogens with zero attached hydrogens (tertiary/aromatic N) is 1. The van der Waals surface area contributed by atoms with Crippen LogP contribution in [0.5, 0.6) is 0 Å². The first-order valence-corrected chi connectivity index (χ1v) is 7.88. The molecule has 6 nitrogen and oxygen atoms in total. The Morgan fingerprint density at radius 1 is 1.09 bits per heavy atom. The van der Waals surface area contributed by atoms with E-state index in [2.05, 4.69) is 27.8 Å². The Bertz CT molecular complexity index is 679. The third-order valence-electron chi connectivity index (χ3n) is 3.26. The lowest BCUT2D eigenvalue weighted by Crippen LogP contribution is -2.13. The quantitative estimate of drug-likeness (QED) is 0.732. The number of H-pyrrole nitrogens is 1. The summed E-state index contributed by atoms with van der Waals surface area (Å²) in [5.41, 5.74) is 2.58. The minimum atomic E-state index is -0.277. The molecule has 2 rings (SSSR count). The average Bonchev–Trinajstić information content (AvgIpc) is 2.97. The highest BCUT2D eigenvalue weighted by Crippen LogP contribution is 2.16. The molecule has 0 fully saturated rings. The highest BCUT2D eigenvalue weighted by Gasteiger charge is 2.11. The zero-order valence-electron chi connectivity index (χ0n) is 13.5. The van der Waals surface area contributed by atoms with Crippen LogP contribution in [0.2, 0.25) is 0 Å². The van der Waals surface area contributed by atoms with E-state index in [9.17, 15) is 9.59 Å². The number of aryl methyl sites for hydroxylation is 1. The van der Waals surface area contributed by atoms with E-state index < -0.39 is 0 Å². The first kappa shape index (κ1) is 16.7. The number of aromatic amines is 1. The molecule has 0 atom stereocenters. The van der Waals surface area contributed by atoms with E-state index in [-0.39, 0.29) is 11.8 Å². The van der Waals surface area contributed by atoms with E-state index in [4.69, 9.17) is 0 Å². The number of hydrogen-bond donors (Lipinski definition) is 3. The lowest BCUT2D eigenvalue weighted by atomic mass is 10.2. The molecule has 2 amide bonds. The van der Waals surface area contributed by atoms with Crippen LogP contribution in [-0.2, 0) is 11.2 Å². The van der Waals surface area contributed by atoms with E-state index in [1.165, 1.54) is 0 Å². The fraction of sp³-hybridized carbons (Fsp3) is 0.353. The van der Waals surface area contributed by atoms with Crippen molar-refractivity contribution in [3.8, 4) is 0 Å². The second kappa shape index (κ2) is 8.12. The van der Waals surface area contributed by atoms with Crippen molar-refractivity contribution in [3.05, 3.63) is 41.7 Å². The molecule has 0 saturated carbocycles. The second-order valence-corrected chi connectivity index (χ2v) is 5.36. The number of carbonyl (C=O) groups is 2. The van der Waals surface area contributed by atoms with Gasteiger partial charge in [0.05, 0.1) is 0 Å². The van der Waals surface area contributed by atoms with Crippen molar-refractivity contribution in [1.29, 1.82) is 0 Å². The number of benzene rings is 1. The summed E-state index contributed by atoms with van der Waals surface area (Å²) >= 11 is 0. The summed E-state index contributed by atoms with van der Waals surface area (Å²) in [4.78, 5) is 23.8. The molecule has 0 aliphatic rings. The van der Waals surface area contributed by atoms with Crippen LogP contribution in [0.25, 0.3) is 0 Å². The number of amides is 2. The monoisotopic (exact) mass is 314 g/mol. The van der Waals surface area contributed by atoms with Gasteiger partial charge in [-0.05, 0) is 37.1 Å². The molecule has 6 heteroatoms. The highest BCUT2D eigenvalue weighted by molar-refractivity contribution is 6.03. The van der Waals surface area contributed by atoms with Crippen LogP contribution in [0.1, 0.15) is 49.3 Å². The van der Waals surface area contributed by atoms with Crippen LogP contribution >= 0.6 is 0 Å². The molecule has 0 radical (unpaired) electrons. The van der Waals surface area contributed by atoms with Crippen molar-refractivity contribution >= 4 is 23.2 Å². The molecule has 1 aromatic carbocycles. The SMILES string of the molecule is CCCC(=O)Nc1cccc(NC(=O)c2cc(CCC)[nH]n2)c1. The first-order chi connectivity index (χ1) is 11.1. The van der Waals surface area contributed by atoms with Gasteiger partial charge in [0.25, 0.3) is 5.91 Å². The van der Waals surface area contributed by atoms with Crippen molar-refractivity contribution in [1.82, 2.24) is 10.2 Å². The Morgan fingerprint density at radius 2 is 1.83 bits per heavy atom. The molecule has 0 spiro atoms.